The van der Waals surface area contributed by atoms with Gasteiger partial charge in [0.2, 0.25) is 17.8 Å². The van der Waals surface area contributed by atoms with E-state index < -0.39 is 0 Å². The van der Waals surface area contributed by atoms with Crippen LogP contribution in [0, 0.1) is 0 Å². The van der Waals surface area contributed by atoms with Crippen molar-refractivity contribution < 1.29 is 4.42 Å². The number of thioether (sulfide) groups is 1. The fourth-order valence-electron chi connectivity index (χ4n) is 2.61. The summed E-state index contributed by atoms with van der Waals surface area (Å²) in [4.78, 5) is 14.4. The minimum absolute atomic E-state index is 0.215. The molecule has 1 aliphatic rings. The largest absolute Gasteiger partial charge is 0.416 e. The standard InChI is InChI=1S/C14H21N7OS/c1-21(2)13-17-10(16-12(15)18-13)8-23-14-20-19-11(22-14)9-6-4-3-5-7-9/h9H,3-8H2,1-2H3,(H2,15,16,17,18). The Morgan fingerprint density at radius 3 is 2.65 bits per heavy atom. The first-order valence-corrected chi connectivity index (χ1v) is 8.74. The van der Waals surface area contributed by atoms with Gasteiger partial charge in [-0.25, -0.2) is 0 Å². The Morgan fingerprint density at radius 2 is 1.91 bits per heavy atom. The minimum atomic E-state index is 0.215. The summed E-state index contributed by atoms with van der Waals surface area (Å²) in [6.07, 6.45) is 6.08. The molecule has 0 unspecified atom stereocenters. The van der Waals surface area contributed by atoms with Gasteiger partial charge in [0.15, 0.2) is 0 Å². The van der Waals surface area contributed by atoms with Gasteiger partial charge in [-0.15, -0.1) is 10.2 Å². The zero-order valence-electron chi connectivity index (χ0n) is 13.4. The Bertz CT molecular complexity index is 654. The smallest absolute Gasteiger partial charge is 0.277 e. The van der Waals surface area contributed by atoms with Gasteiger partial charge in [-0.1, -0.05) is 31.0 Å². The summed E-state index contributed by atoms with van der Waals surface area (Å²) >= 11 is 1.42. The van der Waals surface area contributed by atoms with Crippen LogP contribution < -0.4 is 10.6 Å². The number of anilines is 2. The van der Waals surface area contributed by atoms with Crippen molar-refractivity contribution in [3.05, 3.63) is 11.7 Å². The summed E-state index contributed by atoms with van der Waals surface area (Å²) < 4.78 is 5.78. The van der Waals surface area contributed by atoms with E-state index in [1.165, 1.54) is 31.0 Å². The van der Waals surface area contributed by atoms with Gasteiger partial charge in [0.25, 0.3) is 5.22 Å². The molecular formula is C14H21N7OS. The lowest BCUT2D eigenvalue weighted by molar-refractivity contribution is 0.334. The molecule has 0 aliphatic heterocycles. The first kappa shape index (κ1) is 16.0. The number of nitrogens with two attached hydrogens (primary N) is 1. The van der Waals surface area contributed by atoms with Crippen LogP contribution in [0.1, 0.15) is 49.7 Å². The van der Waals surface area contributed by atoms with E-state index in [1.54, 1.807) is 4.90 Å². The molecule has 9 heteroatoms. The maximum atomic E-state index is 5.78. The van der Waals surface area contributed by atoms with Gasteiger partial charge in [-0.2, -0.15) is 15.0 Å². The molecule has 1 saturated carbocycles. The van der Waals surface area contributed by atoms with E-state index >= 15 is 0 Å². The summed E-state index contributed by atoms with van der Waals surface area (Å²) in [5, 5.41) is 8.86. The topological polar surface area (TPSA) is 107 Å². The molecule has 2 aromatic rings. The molecule has 0 saturated heterocycles. The Morgan fingerprint density at radius 1 is 1.13 bits per heavy atom. The molecule has 2 aromatic heterocycles. The molecule has 2 heterocycles. The Labute approximate surface area is 139 Å². The quantitative estimate of drug-likeness (QED) is 0.823. The van der Waals surface area contributed by atoms with Gasteiger partial charge in [0, 0.05) is 20.0 Å². The highest BCUT2D eigenvalue weighted by Crippen LogP contribution is 2.33. The van der Waals surface area contributed by atoms with Crippen LogP contribution in [0.3, 0.4) is 0 Å². The van der Waals surface area contributed by atoms with E-state index in [9.17, 15) is 0 Å². The third kappa shape index (κ3) is 4.10. The average molecular weight is 335 g/mol. The highest BCUT2D eigenvalue weighted by molar-refractivity contribution is 7.98. The predicted octanol–water partition coefficient (Wildman–Crippen LogP) is 2.24. The number of nitrogens with zero attached hydrogens (tertiary/aromatic N) is 6. The number of hydrogen-bond donors (Lipinski definition) is 1. The zero-order valence-corrected chi connectivity index (χ0v) is 14.2. The summed E-state index contributed by atoms with van der Waals surface area (Å²) in [6, 6.07) is 0. The molecule has 0 bridgehead atoms. The lowest BCUT2D eigenvalue weighted by atomic mass is 9.89. The van der Waals surface area contributed by atoms with E-state index in [0.717, 1.165) is 18.7 Å². The van der Waals surface area contributed by atoms with Gasteiger partial charge in [-0.3, -0.25) is 0 Å². The second-order valence-electron chi connectivity index (χ2n) is 5.83. The zero-order chi connectivity index (χ0) is 16.2. The lowest BCUT2D eigenvalue weighted by Gasteiger charge is -2.17. The van der Waals surface area contributed by atoms with Crippen molar-refractivity contribution in [2.24, 2.45) is 0 Å². The fraction of sp³-hybridized carbons (Fsp3) is 0.643. The van der Waals surface area contributed by atoms with Gasteiger partial charge in [0.05, 0.1) is 5.75 Å². The molecule has 0 atom stereocenters. The van der Waals surface area contributed by atoms with E-state index in [0.29, 0.717) is 28.7 Å². The molecular weight excluding hydrogens is 314 g/mol. The lowest BCUT2D eigenvalue weighted by Crippen LogP contribution is -2.15. The van der Waals surface area contributed by atoms with Crippen LogP contribution in [0.2, 0.25) is 0 Å². The fourth-order valence-corrected chi connectivity index (χ4v) is 3.23. The minimum Gasteiger partial charge on any atom is -0.416 e. The van der Waals surface area contributed by atoms with Crippen molar-refractivity contribution in [2.45, 2.75) is 49.0 Å². The monoisotopic (exact) mass is 335 g/mol. The predicted molar refractivity (Wildman–Crippen MR) is 88.3 cm³/mol. The van der Waals surface area contributed by atoms with Crippen LogP contribution in [-0.4, -0.2) is 39.2 Å². The van der Waals surface area contributed by atoms with Crippen LogP contribution in [0.5, 0.6) is 0 Å². The SMILES string of the molecule is CN(C)c1nc(N)nc(CSc2nnc(C3CCCCC3)o2)n1. The van der Waals surface area contributed by atoms with E-state index in [4.69, 9.17) is 10.2 Å². The van der Waals surface area contributed by atoms with Crippen molar-refractivity contribution in [3.63, 3.8) is 0 Å². The maximum absolute atomic E-state index is 5.78. The molecule has 0 radical (unpaired) electrons. The molecule has 8 nitrogen and oxygen atoms in total. The number of rotatable bonds is 5. The van der Waals surface area contributed by atoms with Crippen LogP contribution >= 0.6 is 11.8 Å². The average Bonchev–Trinajstić information content (AvgIpc) is 3.02. The Hall–Kier alpha value is -1.90. The van der Waals surface area contributed by atoms with Crippen LogP contribution in [0.25, 0.3) is 0 Å². The number of hydrogen-bond acceptors (Lipinski definition) is 9. The van der Waals surface area contributed by atoms with Gasteiger partial charge < -0.3 is 15.1 Å². The molecule has 0 aromatic carbocycles. The molecule has 1 aliphatic carbocycles. The van der Waals surface area contributed by atoms with E-state index in [1.807, 2.05) is 14.1 Å². The molecule has 0 spiro atoms. The second-order valence-corrected chi connectivity index (χ2v) is 6.76. The Kier molecular flexibility index (Phi) is 4.94. The van der Waals surface area contributed by atoms with Crippen molar-refractivity contribution in [1.29, 1.82) is 0 Å². The number of nitrogen functional groups attached to an aromatic ring is 1. The van der Waals surface area contributed by atoms with E-state index in [-0.39, 0.29) is 5.95 Å². The molecule has 1 fully saturated rings. The summed E-state index contributed by atoms with van der Waals surface area (Å²) in [7, 11) is 3.72. The first-order chi connectivity index (χ1) is 11.1. The van der Waals surface area contributed by atoms with Gasteiger partial charge in [-0.05, 0) is 12.8 Å². The van der Waals surface area contributed by atoms with Gasteiger partial charge in [0.1, 0.15) is 5.82 Å². The van der Waals surface area contributed by atoms with Crippen molar-refractivity contribution in [2.75, 3.05) is 24.7 Å². The van der Waals surface area contributed by atoms with Crippen molar-refractivity contribution in [3.8, 4) is 0 Å². The summed E-state index contributed by atoms with van der Waals surface area (Å²) in [5.74, 6) is 3.05. The second kappa shape index (κ2) is 7.12. The van der Waals surface area contributed by atoms with Crippen LogP contribution in [-0.2, 0) is 5.75 Å². The van der Waals surface area contributed by atoms with Crippen molar-refractivity contribution >= 4 is 23.7 Å². The molecule has 124 valence electrons. The molecule has 2 N–H and O–H groups in total. The third-order valence-corrected chi connectivity index (χ3v) is 4.60. The number of aromatic nitrogens is 5. The van der Waals surface area contributed by atoms with Crippen LogP contribution in [0.15, 0.2) is 9.64 Å². The van der Waals surface area contributed by atoms with Gasteiger partial charge >= 0.3 is 0 Å². The Balaban J connectivity index is 1.63. The first-order valence-electron chi connectivity index (χ1n) is 7.76. The summed E-state index contributed by atoms with van der Waals surface area (Å²) in [6.45, 7) is 0. The molecule has 0 amide bonds. The maximum Gasteiger partial charge on any atom is 0.277 e. The normalized spacial score (nSPS) is 15.7. The highest BCUT2D eigenvalue weighted by Gasteiger charge is 2.21. The molecule has 23 heavy (non-hydrogen) atoms. The highest BCUT2D eigenvalue weighted by atomic mass is 32.2. The van der Waals surface area contributed by atoms with Crippen LogP contribution in [0.4, 0.5) is 11.9 Å². The molecule has 3 rings (SSSR count). The van der Waals surface area contributed by atoms with E-state index in [2.05, 4.69) is 25.1 Å². The third-order valence-electron chi connectivity index (χ3n) is 3.79. The van der Waals surface area contributed by atoms with Crippen molar-refractivity contribution in [1.82, 2.24) is 25.1 Å². The summed E-state index contributed by atoms with van der Waals surface area (Å²) in [5.41, 5.74) is 5.72.